The first-order valence-electron chi connectivity index (χ1n) is 7.96. The van der Waals surface area contributed by atoms with E-state index in [1.165, 1.54) is 42.9 Å². The number of carbonyl (C=O) groups is 5. The van der Waals surface area contributed by atoms with Crippen LogP contribution in [0.2, 0.25) is 0 Å². The molecule has 148 valence electrons. The van der Waals surface area contributed by atoms with E-state index in [0.717, 1.165) is 4.90 Å². The van der Waals surface area contributed by atoms with Crippen molar-refractivity contribution >= 4 is 30.0 Å². The van der Waals surface area contributed by atoms with E-state index < -0.39 is 17.7 Å². The maximum Gasteiger partial charge on any atom is 0.242 e. The van der Waals surface area contributed by atoms with E-state index in [-0.39, 0.29) is 32.1 Å². The number of nitrogens with two attached hydrogens (primary N) is 1. The number of nitrogens with zero attached hydrogens (tertiary/aromatic N) is 4. The largest absolute Gasteiger partial charge is 0.353 e. The van der Waals surface area contributed by atoms with Crippen molar-refractivity contribution in [3.05, 3.63) is 0 Å². The molecule has 0 rings (SSSR count). The van der Waals surface area contributed by atoms with Gasteiger partial charge in [-0.3, -0.25) is 24.0 Å². The Bertz CT molecular complexity index is 527. The monoisotopic (exact) mass is 372 g/mol. The standard InChI is InChI=1S/C15H28N6O5/c1-18(11-22)8-13(24)20(3)10-15(26)21(4)9-14(25)19(2)7-12(23)17-6-5-16/h11H,5-10,16H2,1-4H3,(H,17,23). The third kappa shape index (κ3) is 8.97. The van der Waals surface area contributed by atoms with Gasteiger partial charge < -0.3 is 30.7 Å². The fraction of sp³-hybridized carbons (Fsp3) is 0.667. The van der Waals surface area contributed by atoms with Crippen LogP contribution in [-0.4, -0.2) is 117 Å². The molecule has 0 aromatic carbocycles. The van der Waals surface area contributed by atoms with Gasteiger partial charge in [-0.05, 0) is 0 Å². The molecule has 5 amide bonds. The van der Waals surface area contributed by atoms with Crippen LogP contribution in [0.25, 0.3) is 0 Å². The zero-order valence-corrected chi connectivity index (χ0v) is 15.7. The molecule has 0 aliphatic rings. The second kappa shape index (κ2) is 11.8. The van der Waals surface area contributed by atoms with Crippen LogP contribution >= 0.6 is 0 Å². The van der Waals surface area contributed by atoms with Crippen molar-refractivity contribution in [2.24, 2.45) is 5.73 Å². The first-order valence-corrected chi connectivity index (χ1v) is 7.96. The van der Waals surface area contributed by atoms with Crippen LogP contribution < -0.4 is 11.1 Å². The second-order valence-electron chi connectivity index (χ2n) is 5.91. The molecule has 0 aromatic rings. The summed E-state index contributed by atoms with van der Waals surface area (Å²) in [4.78, 5) is 62.8. The number of hydrogen-bond donors (Lipinski definition) is 2. The van der Waals surface area contributed by atoms with E-state index in [1.807, 2.05) is 0 Å². The minimum Gasteiger partial charge on any atom is -0.353 e. The summed E-state index contributed by atoms with van der Waals surface area (Å²) < 4.78 is 0. The van der Waals surface area contributed by atoms with Crippen molar-refractivity contribution < 1.29 is 24.0 Å². The maximum atomic E-state index is 12.1. The van der Waals surface area contributed by atoms with Gasteiger partial charge >= 0.3 is 0 Å². The summed E-state index contributed by atoms with van der Waals surface area (Å²) in [5, 5.41) is 2.54. The highest BCUT2D eigenvalue weighted by atomic mass is 16.2. The summed E-state index contributed by atoms with van der Waals surface area (Å²) in [6, 6.07) is 0. The smallest absolute Gasteiger partial charge is 0.242 e. The van der Waals surface area contributed by atoms with Gasteiger partial charge in [0.25, 0.3) is 0 Å². The molecular weight excluding hydrogens is 344 g/mol. The fourth-order valence-electron chi connectivity index (χ4n) is 1.77. The predicted molar refractivity (Wildman–Crippen MR) is 93.7 cm³/mol. The topological polar surface area (TPSA) is 136 Å². The molecule has 0 bridgehead atoms. The highest BCUT2D eigenvalue weighted by Gasteiger charge is 2.20. The lowest BCUT2D eigenvalue weighted by molar-refractivity contribution is -0.143. The molecule has 0 heterocycles. The molecule has 0 spiro atoms. The molecule has 0 fully saturated rings. The molecule has 0 radical (unpaired) electrons. The van der Waals surface area contributed by atoms with Crippen molar-refractivity contribution in [2.75, 3.05) is 67.5 Å². The lowest BCUT2D eigenvalue weighted by Gasteiger charge is -2.24. The van der Waals surface area contributed by atoms with E-state index in [1.54, 1.807) is 0 Å². The molecule has 0 aliphatic carbocycles. The van der Waals surface area contributed by atoms with Gasteiger partial charge in [-0.1, -0.05) is 0 Å². The zero-order chi connectivity index (χ0) is 20.3. The van der Waals surface area contributed by atoms with Crippen molar-refractivity contribution in [1.82, 2.24) is 24.9 Å². The fourth-order valence-corrected chi connectivity index (χ4v) is 1.77. The van der Waals surface area contributed by atoms with Gasteiger partial charge in [0, 0.05) is 41.3 Å². The summed E-state index contributed by atoms with van der Waals surface area (Å²) in [5.74, 6) is -1.60. The Morgan fingerprint density at radius 3 is 1.65 bits per heavy atom. The van der Waals surface area contributed by atoms with Crippen molar-refractivity contribution in [1.29, 1.82) is 0 Å². The highest BCUT2D eigenvalue weighted by molar-refractivity contribution is 5.90. The lowest BCUT2D eigenvalue weighted by Crippen LogP contribution is -2.47. The van der Waals surface area contributed by atoms with Gasteiger partial charge in [0.15, 0.2) is 0 Å². The van der Waals surface area contributed by atoms with E-state index in [2.05, 4.69) is 5.32 Å². The van der Waals surface area contributed by atoms with Crippen LogP contribution in [0.3, 0.4) is 0 Å². The van der Waals surface area contributed by atoms with E-state index in [0.29, 0.717) is 19.5 Å². The van der Waals surface area contributed by atoms with Gasteiger partial charge in [-0.2, -0.15) is 0 Å². The lowest BCUT2D eigenvalue weighted by atomic mass is 10.4. The number of rotatable bonds is 11. The molecule has 0 atom stereocenters. The molecule has 3 N–H and O–H groups in total. The molecular formula is C15H28N6O5. The van der Waals surface area contributed by atoms with Crippen LogP contribution in [0.1, 0.15) is 0 Å². The minimum absolute atomic E-state index is 0.142. The average Bonchev–Trinajstić information content (AvgIpc) is 2.59. The molecule has 26 heavy (non-hydrogen) atoms. The zero-order valence-electron chi connectivity index (χ0n) is 15.7. The summed E-state index contributed by atoms with van der Waals surface area (Å²) in [6.07, 6.45) is 0.512. The summed E-state index contributed by atoms with van der Waals surface area (Å²) in [5.41, 5.74) is 5.27. The van der Waals surface area contributed by atoms with Crippen LogP contribution in [0, 0.1) is 0 Å². The molecule has 0 aromatic heterocycles. The Balaban J connectivity index is 4.43. The van der Waals surface area contributed by atoms with Crippen molar-refractivity contribution in [3.63, 3.8) is 0 Å². The van der Waals surface area contributed by atoms with Gasteiger partial charge in [-0.15, -0.1) is 0 Å². The van der Waals surface area contributed by atoms with Crippen molar-refractivity contribution in [3.8, 4) is 0 Å². The van der Waals surface area contributed by atoms with Gasteiger partial charge in [0.2, 0.25) is 30.0 Å². The van der Waals surface area contributed by atoms with Crippen LogP contribution in [0.4, 0.5) is 0 Å². The summed E-state index contributed by atoms with van der Waals surface area (Å²) >= 11 is 0. The quantitative estimate of drug-likeness (QED) is 0.362. The number of nitrogens with one attached hydrogen (secondary N) is 1. The van der Waals surface area contributed by atoms with Crippen LogP contribution in [0.5, 0.6) is 0 Å². The molecule has 0 aliphatic heterocycles. The third-order valence-corrected chi connectivity index (χ3v) is 3.43. The first kappa shape index (κ1) is 23.3. The Hall–Kier alpha value is -2.69. The number of hydrogen-bond acceptors (Lipinski definition) is 6. The Kier molecular flexibility index (Phi) is 10.6. The van der Waals surface area contributed by atoms with E-state index in [4.69, 9.17) is 5.73 Å². The second-order valence-corrected chi connectivity index (χ2v) is 5.91. The Morgan fingerprint density at radius 2 is 1.23 bits per heavy atom. The minimum atomic E-state index is -0.441. The number of likely N-dealkylation sites (N-methyl/N-ethyl adjacent to an activating group) is 4. The van der Waals surface area contributed by atoms with Gasteiger partial charge in [0.05, 0.1) is 26.2 Å². The molecule has 0 unspecified atom stereocenters. The van der Waals surface area contributed by atoms with Crippen LogP contribution in [0.15, 0.2) is 0 Å². The Morgan fingerprint density at radius 1 is 0.808 bits per heavy atom. The van der Waals surface area contributed by atoms with E-state index in [9.17, 15) is 24.0 Å². The first-order chi connectivity index (χ1) is 12.1. The Labute approximate surface area is 153 Å². The molecule has 11 nitrogen and oxygen atoms in total. The summed E-state index contributed by atoms with van der Waals surface area (Å²) in [7, 11) is 5.76. The third-order valence-electron chi connectivity index (χ3n) is 3.43. The summed E-state index contributed by atoms with van der Waals surface area (Å²) in [6.45, 7) is -0.117. The van der Waals surface area contributed by atoms with Gasteiger partial charge in [-0.25, -0.2) is 0 Å². The van der Waals surface area contributed by atoms with Gasteiger partial charge in [0.1, 0.15) is 0 Å². The molecule has 11 heteroatoms. The van der Waals surface area contributed by atoms with E-state index >= 15 is 0 Å². The predicted octanol–water partition coefficient (Wildman–Crippen LogP) is -3.48. The van der Waals surface area contributed by atoms with Crippen LogP contribution in [-0.2, 0) is 24.0 Å². The molecule has 0 saturated carbocycles. The normalized spacial score (nSPS) is 9.88. The SMILES string of the molecule is CN(C=O)CC(=O)N(C)CC(=O)N(C)CC(=O)N(C)CC(=O)NCCN. The number of amides is 5. The maximum absolute atomic E-state index is 12.1. The number of carbonyl (C=O) groups excluding carboxylic acids is 5. The van der Waals surface area contributed by atoms with Crippen molar-refractivity contribution in [2.45, 2.75) is 0 Å². The highest BCUT2D eigenvalue weighted by Crippen LogP contribution is 1.95. The molecule has 0 saturated heterocycles. The average molecular weight is 372 g/mol.